The summed E-state index contributed by atoms with van der Waals surface area (Å²) >= 11 is 0. The number of carbonyl (C=O) groups is 1. The minimum Gasteiger partial charge on any atom is -0.478 e. The van der Waals surface area contributed by atoms with Crippen LogP contribution in [0.15, 0.2) is 54.6 Å². The lowest BCUT2D eigenvalue weighted by Gasteiger charge is -2.72. The number of carboxylic acids is 1. The van der Waals surface area contributed by atoms with Crippen molar-refractivity contribution in [3.63, 3.8) is 0 Å². The summed E-state index contributed by atoms with van der Waals surface area (Å²) in [4.78, 5) is 11.6. The maximum absolute atomic E-state index is 11.6. The van der Waals surface area contributed by atoms with E-state index < -0.39 is 5.97 Å². The molecule has 0 unspecified atom stereocenters. The molecule has 0 saturated heterocycles. The second-order valence-electron chi connectivity index (χ2n) is 18.5. The van der Waals surface area contributed by atoms with E-state index in [0.29, 0.717) is 40.1 Å². The van der Waals surface area contributed by atoms with Crippen molar-refractivity contribution < 1.29 is 9.90 Å². The molecule has 5 aliphatic carbocycles. The van der Waals surface area contributed by atoms with Crippen LogP contribution in [0.4, 0.5) is 0 Å². The quantitative estimate of drug-likeness (QED) is 0.217. The Morgan fingerprint density at radius 1 is 0.898 bits per heavy atom. The highest BCUT2D eigenvalue weighted by atomic mass is 16.4. The van der Waals surface area contributed by atoms with Crippen LogP contribution in [0.3, 0.4) is 0 Å². The fourth-order valence-corrected chi connectivity index (χ4v) is 13.5. The van der Waals surface area contributed by atoms with E-state index in [1.54, 1.807) is 12.1 Å². The molecule has 9 atom stereocenters. The van der Waals surface area contributed by atoms with Crippen molar-refractivity contribution in [3.05, 3.63) is 77.1 Å². The zero-order valence-electron chi connectivity index (χ0n) is 31.4. The number of carboxylic acid groups (broad SMARTS) is 1. The number of aryl methyl sites for hydroxylation is 2. The first-order valence-electron chi connectivity index (χ1n) is 19.4. The Hall–Kier alpha value is -2.79. The van der Waals surface area contributed by atoms with Crippen molar-refractivity contribution in [1.29, 1.82) is 0 Å². The lowest BCUT2D eigenvalue weighted by molar-refractivity contribution is -0.219. The standard InChI is InChI=1S/C44H61N3O2/c1-28(2)33-19-24-44(45-27-9-10-32-16-11-29(3)46-47-32)26-25-42(7)35(38(33)44)17-18-37-41(6)22-20-34(30-12-14-31(15-13-30)39(48)49)40(4,5)36(41)21-23-43(37,42)8/h11-16,20,33,35-38,45H,1,9-10,17-19,21-27H2,2-8H3,(H,48,49)/t33-,35+,36-,37+,38+,41-,42+,43+,44-/m0/s1. The van der Waals surface area contributed by atoms with Crippen LogP contribution in [0, 0.1) is 58.2 Å². The van der Waals surface area contributed by atoms with Crippen LogP contribution in [0.1, 0.15) is 133 Å². The molecule has 1 heterocycles. The molecule has 2 aromatic rings. The van der Waals surface area contributed by atoms with Crippen LogP contribution >= 0.6 is 0 Å². The normalized spacial score (nSPS) is 39.2. The van der Waals surface area contributed by atoms with Gasteiger partial charge in [0.2, 0.25) is 0 Å². The van der Waals surface area contributed by atoms with E-state index in [2.05, 4.69) is 81.8 Å². The molecule has 264 valence electrons. The molecule has 0 spiro atoms. The minimum absolute atomic E-state index is 0.0309. The Morgan fingerprint density at radius 3 is 2.33 bits per heavy atom. The highest BCUT2D eigenvalue weighted by Gasteiger charge is 2.70. The molecule has 0 amide bonds. The molecule has 7 rings (SSSR count). The third kappa shape index (κ3) is 5.30. The zero-order valence-corrected chi connectivity index (χ0v) is 31.4. The van der Waals surface area contributed by atoms with Crippen LogP contribution in [-0.4, -0.2) is 33.4 Å². The summed E-state index contributed by atoms with van der Waals surface area (Å²) in [5.74, 6) is 2.44. The van der Waals surface area contributed by atoms with Gasteiger partial charge < -0.3 is 10.4 Å². The third-order valence-electron chi connectivity index (χ3n) is 16.0. The first-order chi connectivity index (χ1) is 23.2. The molecule has 1 aromatic heterocycles. The minimum atomic E-state index is -0.858. The van der Waals surface area contributed by atoms with Crippen LogP contribution in [-0.2, 0) is 6.42 Å². The highest BCUT2D eigenvalue weighted by Crippen LogP contribution is 2.76. The number of aromatic nitrogens is 2. The fourth-order valence-electron chi connectivity index (χ4n) is 13.5. The number of nitrogens with one attached hydrogen (secondary N) is 1. The molecule has 0 bridgehead atoms. The van der Waals surface area contributed by atoms with E-state index in [1.165, 1.54) is 68.1 Å². The number of nitrogens with zero attached hydrogens (tertiary/aromatic N) is 2. The number of allylic oxidation sites excluding steroid dienone is 3. The summed E-state index contributed by atoms with van der Waals surface area (Å²) in [6, 6.07) is 11.9. The lowest BCUT2D eigenvalue weighted by atomic mass is 9.33. The van der Waals surface area contributed by atoms with E-state index >= 15 is 0 Å². The van der Waals surface area contributed by atoms with Gasteiger partial charge in [0.15, 0.2) is 0 Å². The van der Waals surface area contributed by atoms with E-state index in [1.807, 2.05) is 19.1 Å². The first kappa shape index (κ1) is 34.6. The average molecular weight is 664 g/mol. The molecule has 2 N–H and O–H groups in total. The Morgan fingerprint density at radius 2 is 1.65 bits per heavy atom. The SMILES string of the molecule is C=C(C)[C@@H]1CC[C@]2(NCCCc3ccc(C)nn3)CC[C@]3(C)[C@H](CC[C@@H]4[C@@]5(C)CC=C(c6ccc(C(=O)O)cc6)C(C)(C)[C@@H]5CC[C@]43C)[C@@H]12. The monoisotopic (exact) mass is 663 g/mol. The Labute approximate surface area is 295 Å². The summed E-state index contributed by atoms with van der Waals surface area (Å²) in [6.07, 6.45) is 16.1. The molecule has 5 aliphatic rings. The maximum Gasteiger partial charge on any atom is 0.335 e. The lowest BCUT2D eigenvalue weighted by Crippen LogP contribution is -2.68. The molecule has 5 heteroatoms. The molecule has 0 aliphatic heterocycles. The van der Waals surface area contributed by atoms with Gasteiger partial charge in [-0.2, -0.15) is 10.2 Å². The van der Waals surface area contributed by atoms with Gasteiger partial charge in [0.1, 0.15) is 0 Å². The third-order valence-corrected chi connectivity index (χ3v) is 16.0. The second-order valence-corrected chi connectivity index (χ2v) is 18.5. The predicted molar refractivity (Wildman–Crippen MR) is 199 cm³/mol. The molecular formula is C44H61N3O2. The summed E-state index contributed by atoms with van der Waals surface area (Å²) in [5.41, 5.74) is 7.58. The molecular weight excluding hydrogens is 603 g/mol. The molecule has 0 radical (unpaired) electrons. The van der Waals surface area contributed by atoms with E-state index in [0.717, 1.165) is 43.1 Å². The van der Waals surface area contributed by atoms with Gasteiger partial charge in [-0.3, -0.25) is 0 Å². The van der Waals surface area contributed by atoms with Crippen molar-refractivity contribution in [3.8, 4) is 0 Å². The first-order valence-corrected chi connectivity index (χ1v) is 19.4. The van der Waals surface area contributed by atoms with Crippen molar-refractivity contribution in [1.82, 2.24) is 15.5 Å². The number of rotatable bonds is 8. The zero-order chi connectivity index (χ0) is 35.0. The van der Waals surface area contributed by atoms with Crippen LogP contribution in [0.25, 0.3) is 5.57 Å². The van der Waals surface area contributed by atoms with Crippen LogP contribution in [0.2, 0.25) is 0 Å². The smallest absolute Gasteiger partial charge is 0.335 e. The van der Waals surface area contributed by atoms with Gasteiger partial charge in [0.25, 0.3) is 0 Å². The Bertz CT molecular complexity index is 1630. The summed E-state index contributed by atoms with van der Waals surface area (Å²) in [7, 11) is 0. The molecule has 5 nitrogen and oxygen atoms in total. The van der Waals surface area contributed by atoms with E-state index in [9.17, 15) is 9.90 Å². The Balaban J connectivity index is 1.15. The van der Waals surface area contributed by atoms with Gasteiger partial charge in [0.05, 0.1) is 17.0 Å². The molecule has 1 aromatic carbocycles. The maximum atomic E-state index is 11.6. The van der Waals surface area contributed by atoms with Crippen LogP contribution in [0.5, 0.6) is 0 Å². The number of hydrogen-bond acceptors (Lipinski definition) is 4. The van der Waals surface area contributed by atoms with Crippen molar-refractivity contribution in [2.45, 2.75) is 125 Å². The van der Waals surface area contributed by atoms with Gasteiger partial charge in [-0.1, -0.05) is 65.0 Å². The summed E-state index contributed by atoms with van der Waals surface area (Å²) < 4.78 is 0. The molecule has 4 saturated carbocycles. The van der Waals surface area contributed by atoms with Crippen molar-refractivity contribution in [2.24, 2.45) is 51.2 Å². The number of aromatic carboxylic acids is 1. The number of benzene rings is 1. The van der Waals surface area contributed by atoms with Gasteiger partial charge in [-0.15, -0.1) is 0 Å². The van der Waals surface area contributed by atoms with Crippen LogP contribution < -0.4 is 5.32 Å². The van der Waals surface area contributed by atoms with Gasteiger partial charge >= 0.3 is 5.97 Å². The highest BCUT2D eigenvalue weighted by molar-refractivity contribution is 5.88. The van der Waals surface area contributed by atoms with E-state index in [4.69, 9.17) is 0 Å². The predicted octanol–water partition coefficient (Wildman–Crippen LogP) is 10.1. The second kappa shape index (κ2) is 12.2. The van der Waals surface area contributed by atoms with Crippen molar-refractivity contribution in [2.75, 3.05) is 6.54 Å². The number of hydrogen-bond donors (Lipinski definition) is 2. The fraction of sp³-hybridized carbons (Fsp3) is 0.659. The average Bonchev–Trinajstić information content (AvgIpc) is 3.44. The van der Waals surface area contributed by atoms with Gasteiger partial charge in [-0.25, -0.2) is 4.79 Å². The molecule has 4 fully saturated rings. The van der Waals surface area contributed by atoms with Crippen molar-refractivity contribution >= 4 is 11.5 Å². The summed E-state index contributed by atoms with van der Waals surface area (Å²) in [5, 5.41) is 22.5. The number of fused-ring (bicyclic) bond motifs is 7. The van der Waals surface area contributed by atoms with E-state index in [-0.39, 0.29) is 16.4 Å². The van der Waals surface area contributed by atoms with Gasteiger partial charge in [0, 0.05) is 5.54 Å². The summed E-state index contributed by atoms with van der Waals surface area (Å²) in [6.45, 7) is 23.0. The van der Waals surface area contributed by atoms with Gasteiger partial charge in [-0.05, 0) is 178 Å². The largest absolute Gasteiger partial charge is 0.478 e. The topological polar surface area (TPSA) is 75.1 Å². The molecule has 49 heavy (non-hydrogen) atoms. The Kier molecular flexibility index (Phi) is 8.61.